The fraction of sp³-hybridized carbons (Fsp3) is 0.414. The van der Waals surface area contributed by atoms with Crippen LogP contribution in [-0.4, -0.2) is 33.5 Å². The lowest BCUT2D eigenvalue weighted by Gasteiger charge is -2.30. The minimum Gasteiger partial charge on any atom is -0.488 e. The maximum atomic E-state index is 11.2. The number of esters is 1. The fourth-order valence-electron chi connectivity index (χ4n) is 3.85. The second-order valence-electron chi connectivity index (χ2n) is 9.97. The summed E-state index contributed by atoms with van der Waals surface area (Å²) in [4.78, 5) is 22.9. The van der Waals surface area contributed by atoms with Crippen LogP contribution in [0.3, 0.4) is 0 Å². The van der Waals surface area contributed by atoms with E-state index in [0.717, 1.165) is 24.5 Å². The minimum atomic E-state index is -0.352. The number of nitrogens with zero attached hydrogens (tertiary/aromatic N) is 3. The molecule has 186 valence electrons. The van der Waals surface area contributed by atoms with E-state index in [0.29, 0.717) is 18.2 Å². The van der Waals surface area contributed by atoms with E-state index in [-0.39, 0.29) is 24.0 Å². The van der Waals surface area contributed by atoms with Gasteiger partial charge in [0.05, 0.1) is 11.4 Å². The lowest BCUT2D eigenvalue weighted by Crippen LogP contribution is -2.37. The molecule has 0 aliphatic carbocycles. The Bertz CT molecular complexity index is 1050. The number of carbonyl (C=O) groups excluding carboxylic acids is 1. The van der Waals surface area contributed by atoms with Gasteiger partial charge >= 0.3 is 5.97 Å². The quantitative estimate of drug-likeness (QED) is 0.355. The Morgan fingerprint density at radius 3 is 1.97 bits per heavy atom. The van der Waals surface area contributed by atoms with Crippen LogP contribution < -0.4 is 4.74 Å². The molecule has 2 aromatic carbocycles. The van der Waals surface area contributed by atoms with Crippen molar-refractivity contribution in [2.75, 3.05) is 6.61 Å². The lowest BCUT2D eigenvalue weighted by atomic mass is 9.90. The summed E-state index contributed by atoms with van der Waals surface area (Å²) in [6.45, 7) is 14.0. The molecule has 0 aliphatic heterocycles. The zero-order valence-electron chi connectivity index (χ0n) is 21.7. The van der Waals surface area contributed by atoms with Crippen molar-refractivity contribution < 1.29 is 14.3 Å². The van der Waals surface area contributed by atoms with Crippen molar-refractivity contribution in [2.45, 2.75) is 72.7 Å². The van der Waals surface area contributed by atoms with Gasteiger partial charge in [0.1, 0.15) is 6.61 Å². The Morgan fingerprint density at radius 1 is 0.943 bits per heavy atom. The van der Waals surface area contributed by atoms with Crippen molar-refractivity contribution in [3.8, 4) is 5.75 Å². The van der Waals surface area contributed by atoms with E-state index in [9.17, 15) is 4.79 Å². The molecule has 1 heterocycles. The predicted molar refractivity (Wildman–Crippen MR) is 138 cm³/mol. The molecule has 0 fully saturated rings. The molecule has 3 rings (SSSR count). The molecule has 0 amide bonds. The standard InChI is InChI=1S/C29H37N3O3/c1-21(32(17-24-13-9-7-10-14-24)18-25-15-11-8-12-16-25)19-35-27-22(2)30-26(20-34-23(3)33)31-28(27)29(4,5)6/h7-16,21H,17-20H2,1-6H3/t21-/m0/s1. The van der Waals surface area contributed by atoms with Crippen molar-refractivity contribution in [1.29, 1.82) is 0 Å². The third-order valence-corrected chi connectivity index (χ3v) is 5.75. The number of rotatable bonds is 10. The molecule has 0 radical (unpaired) electrons. The van der Waals surface area contributed by atoms with Gasteiger partial charge < -0.3 is 9.47 Å². The van der Waals surface area contributed by atoms with Gasteiger partial charge in [0, 0.05) is 31.5 Å². The van der Waals surface area contributed by atoms with Gasteiger partial charge in [0.15, 0.2) is 18.2 Å². The van der Waals surface area contributed by atoms with Crippen molar-refractivity contribution >= 4 is 5.97 Å². The maximum Gasteiger partial charge on any atom is 0.303 e. The van der Waals surface area contributed by atoms with E-state index >= 15 is 0 Å². The molecule has 6 nitrogen and oxygen atoms in total. The highest BCUT2D eigenvalue weighted by Crippen LogP contribution is 2.32. The van der Waals surface area contributed by atoms with Crippen molar-refractivity contribution in [2.24, 2.45) is 0 Å². The largest absolute Gasteiger partial charge is 0.488 e. The summed E-state index contributed by atoms with van der Waals surface area (Å²) in [5.74, 6) is 0.836. The molecule has 0 N–H and O–H groups in total. The van der Waals surface area contributed by atoms with E-state index in [1.54, 1.807) is 0 Å². The predicted octanol–water partition coefficient (Wildman–Crippen LogP) is 5.62. The average Bonchev–Trinajstić information content (AvgIpc) is 2.82. The SMILES string of the molecule is CC(=O)OCc1nc(C)c(OC[C@H](C)N(Cc2ccccc2)Cc2ccccc2)c(C(C)(C)C)n1. The molecule has 0 aliphatic rings. The number of aryl methyl sites for hydroxylation is 1. The third kappa shape index (κ3) is 7.89. The lowest BCUT2D eigenvalue weighted by molar-refractivity contribution is -0.142. The smallest absolute Gasteiger partial charge is 0.303 e. The molecular weight excluding hydrogens is 438 g/mol. The van der Waals surface area contributed by atoms with Gasteiger partial charge in [-0.15, -0.1) is 0 Å². The summed E-state index contributed by atoms with van der Waals surface area (Å²) >= 11 is 0. The van der Waals surface area contributed by atoms with Crippen LogP contribution in [0, 0.1) is 6.92 Å². The van der Waals surface area contributed by atoms with Gasteiger partial charge in [-0.3, -0.25) is 9.69 Å². The number of ether oxygens (including phenoxy) is 2. The maximum absolute atomic E-state index is 11.2. The molecule has 35 heavy (non-hydrogen) atoms. The highest BCUT2D eigenvalue weighted by atomic mass is 16.5. The summed E-state index contributed by atoms with van der Waals surface area (Å²) in [5, 5.41) is 0. The van der Waals surface area contributed by atoms with Gasteiger partial charge in [-0.2, -0.15) is 0 Å². The van der Waals surface area contributed by atoms with Crippen LogP contribution >= 0.6 is 0 Å². The molecule has 0 saturated carbocycles. The molecule has 0 unspecified atom stereocenters. The van der Waals surface area contributed by atoms with Crippen molar-refractivity contribution in [3.63, 3.8) is 0 Å². The molecule has 3 aromatic rings. The Morgan fingerprint density at radius 2 is 1.49 bits per heavy atom. The van der Waals surface area contributed by atoms with Crippen LogP contribution in [0.15, 0.2) is 60.7 Å². The number of aromatic nitrogens is 2. The molecular formula is C29H37N3O3. The van der Waals surface area contributed by atoms with Gasteiger partial charge in [-0.05, 0) is 25.0 Å². The second-order valence-corrected chi connectivity index (χ2v) is 9.97. The Hall–Kier alpha value is -3.25. The first-order chi connectivity index (χ1) is 16.6. The Kier molecular flexibility index (Phi) is 8.99. The van der Waals surface area contributed by atoms with E-state index in [1.165, 1.54) is 18.1 Å². The highest BCUT2D eigenvalue weighted by molar-refractivity contribution is 5.65. The summed E-state index contributed by atoms with van der Waals surface area (Å²) in [5.41, 5.74) is 3.83. The van der Waals surface area contributed by atoms with Crippen LogP contribution in [0.4, 0.5) is 0 Å². The van der Waals surface area contributed by atoms with E-state index in [4.69, 9.17) is 14.5 Å². The summed E-state index contributed by atoms with van der Waals surface area (Å²) in [7, 11) is 0. The zero-order valence-corrected chi connectivity index (χ0v) is 21.7. The zero-order chi connectivity index (χ0) is 25.4. The monoisotopic (exact) mass is 475 g/mol. The first-order valence-electron chi connectivity index (χ1n) is 12.1. The number of benzene rings is 2. The Balaban J connectivity index is 1.81. The van der Waals surface area contributed by atoms with Gasteiger partial charge in [0.2, 0.25) is 0 Å². The van der Waals surface area contributed by atoms with E-state index < -0.39 is 0 Å². The normalized spacial score (nSPS) is 12.4. The molecule has 1 atom stereocenters. The Labute approximate surface area is 209 Å². The number of carbonyl (C=O) groups is 1. The number of hydrogen-bond donors (Lipinski definition) is 0. The molecule has 0 spiro atoms. The summed E-state index contributed by atoms with van der Waals surface area (Å²) in [6, 6.07) is 21.1. The van der Waals surface area contributed by atoms with Crippen LogP contribution in [0.2, 0.25) is 0 Å². The molecule has 0 saturated heterocycles. The first kappa shape index (κ1) is 26.4. The highest BCUT2D eigenvalue weighted by Gasteiger charge is 2.26. The third-order valence-electron chi connectivity index (χ3n) is 5.75. The van der Waals surface area contributed by atoms with Gasteiger partial charge in [-0.1, -0.05) is 81.4 Å². The van der Waals surface area contributed by atoms with Gasteiger partial charge in [0.25, 0.3) is 0 Å². The molecule has 0 bridgehead atoms. The van der Waals surface area contributed by atoms with E-state index in [2.05, 4.69) is 86.1 Å². The fourth-order valence-corrected chi connectivity index (χ4v) is 3.85. The van der Waals surface area contributed by atoms with Crippen LogP contribution in [0.1, 0.15) is 63.0 Å². The molecule has 1 aromatic heterocycles. The first-order valence-corrected chi connectivity index (χ1v) is 12.1. The number of hydrogen-bond acceptors (Lipinski definition) is 6. The topological polar surface area (TPSA) is 64.6 Å². The van der Waals surface area contributed by atoms with Crippen LogP contribution in [0.5, 0.6) is 5.75 Å². The van der Waals surface area contributed by atoms with E-state index in [1.807, 2.05) is 19.1 Å². The van der Waals surface area contributed by atoms with Gasteiger partial charge in [-0.25, -0.2) is 9.97 Å². The van der Waals surface area contributed by atoms with Crippen molar-refractivity contribution in [1.82, 2.24) is 14.9 Å². The average molecular weight is 476 g/mol. The minimum absolute atomic E-state index is 0.0534. The van der Waals surface area contributed by atoms with Crippen molar-refractivity contribution in [3.05, 3.63) is 89.0 Å². The van der Waals surface area contributed by atoms with Crippen LogP contribution in [-0.2, 0) is 34.6 Å². The summed E-state index contributed by atoms with van der Waals surface area (Å²) < 4.78 is 11.5. The molecule has 6 heteroatoms. The second kappa shape index (κ2) is 11.9. The summed E-state index contributed by atoms with van der Waals surface area (Å²) in [6.07, 6.45) is 0. The van der Waals surface area contributed by atoms with Crippen LogP contribution in [0.25, 0.3) is 0 Å².